The zero-order valence-electron chi connectivity index (χ0n) is 11.0. The summed E-state index contributed by atoms with van der Waals surface area (Å²) in [5, 5.41) is 15.1. The minimum absolute atomic E-state index is 0.00582. The Balaban J connectivity index is 2.54. The van der Waals surface area contributed by atoms with Crippen molar-refractivity contribution in [3.63, 3.8) is 0 Å². The second-order valence-corrected chi connectivity index (χ2v) is 5.11. The molecular formula is C12H23N3O3. The number of aliphatic hydroxyl groups is 1. The normalized spacial score (nSPS) is 24.1. The minimum Gasteiger partial charge on any atom is -0.382 e. The van der Waals surface area contributed by atoms with Crippen molar-refractivity contribution in [3.8, 4) is 0 Å². The second-order valence-electron chi connectivity index (χ2n) is 5.11. The first-order valence-corrected chi connectivity index (χ1v) is 6.45. The van der Waals surface area contributed by atoms with Crippen LogP contribution in [0.1, 0.15) is 33.1 Å². The zero-order chi connectivity index (χ0) is 13.7. The van der Waals surface area contributed by atoms with Crippen molar-refractivity contribution in [2.75, 3.05) is 6.54 Å². The van der Waals surface area contributed by atoms with Crippen LogP contribution >= 0.6 is 0 Å². The van der Waals surface area contributed by atoms with Crippen LogP contribution in [0.4, 0.5) is 0 Å². The number of carbonyl (C=O) groups is 2. The molecule has 1 saturated heterocycles. The maximum Gasteiger partial charge on any atom is 0.251 e. The number of carbonyl (C=O) groups excluding carboxylic acids is 2. The van der Waals surface area contributed by atoms with Crippen molar-refractivity contribution in [1.29, 1.82) is 0 Å². The Kier molecular flexibility index (Phi) is 5.55. The molecule has 0 radical (unpaired) electrons. The molecule has 0 saturated carbocycles. The Labute approximate surface area is 107 Å². The molecule has 0 aliphatic carbocycles. The van der Waals surface area contributed by atoms with E-state index in [1.807, 2.05) is 13.8 Å². The average molecular weight is 257 g/mol. The Hall–Kier alpha value is -1.14. The van der Waals surface area contributed by atoms with Crippen LogP contribution in [0.15, 0.2) is 0 Å². The van der Waals surface area contributed by atoms with Gasteiger partial charge in [0.2, 0.25) is 5.91 Å². The van der Waals surface area contributed by atoms with E-state index < -0.39 is 24.1 Å². The Morgan fingerprint density at radius 3 is 2.78 bits per heavy atom. The molecular weight excluding hydrogens is 234 g/mol. The van der Waals surface area contributed by atoms with Gasteiger partial charge in [-0.2, -0.15) is 0 Å². The maximum absolute atomic E-state index is 11.8. The molecule has 1 aliphatic heterocycles. The van der Waals surface area contributed by atoms with Gasteiger partial charge in [0.05, 0.1) is 0 Å². The van der Waals surface area contributed by atoms with E-state index in [9.17, 15) is 14.7 Å². The van der Waals surface area contributed by atoms with Gasteiger partial charge in [-0.05, 0) is 25.2 Å². The van der Waals surface area contributed by atoms with Crippen molar-refractivity contribution < 1.29 is 14.7 Å². The molecule has 6 heteroatoms. The highest BCUT2D eigenvalue weighted by Gasteiger charge is 2.29. The van der Waals surface area contributed by atoms with Gasteiger partial charge in [0.1, 0.15) is 12.1 Å². The first-order chi connectivity index (χ1) is 8.43. The Morgan fingerprint density at radius 1 is 1.50 bits per heavy atom. The van der Waals surface area contributed by atoms with Gasteiger partial charge in [0.25, 0.3) is 5.91 Å². The highest BCUT2D eigenvalue weighted by Crippen LogP contribution is 2.08. The van der Waals surface area contributed by atoms with Crippen molar-refractivity contribution >= 4 is 11.8 Å². The molecule has 1 heterocycles. The third-order valence-electron chi connectivity index (χ3n) is 3.25. The van der Waals surface area contributed by atoms with Crippen LogP contribution in [-0.2, 0) is 9.59 Å². The molecule has 1 fully saturated rings. The number of rotatable bonds is 4. The van der Waals surface area contributed by atoms with Gasteiger partial charge in [-0.3, -0.25) is 9.59 Å². The van der Waals surface area contributed by atoms with Crippen molar-refractivity contribution in [1.82, 2.24) is 10.6 Å². The lowest BCUT2D eigenvalue weighted by Gasteiger charge is -2.23. The van der Waals surface area contributed by atoms with Gasteiger partial charge in [0, 0.05) is 12.6 Å². The third-order valence-corrected chi connectivity index (χ3v) is 3.25. The van der Waals surface area contributed by atoms with Gasteiger partial charge < -0.3 is 21.5 Å². The molecule has 0 bridgehead atoms. The van der Waals surface area contributed by atoms with E-state index in [1.165, 1.54) is 0 Å². The van der Waals surface area contributed by atoms with Crippen LogP contribution < -0.4 is 16.4 Å². The van der Waals surface area contributed by atoms with E-state index in [-0.39, 0.29) is 11.8 Å². The molecule has 0 aromatic heterocycles. The standard InChI is InChI=1S/C12H23N3O3/c1-7(2)9(13)10(16)12(18)15-8-5-3-4-6-14-11(8)17/h7-10,16H,3-6,13H2,1-2H3,(H,14,17)(H,15,18)/t8-,9-,10+/m0/s1. The van der Waals surface area contributed by atoms with E-state index in [0.29, 0.717) is 13.0 Å². The topological polar surface area (TPSA) is 104 Å². The summed E-state index contributed by atoms with van der Waals surface area (Å²) in [5.74, 6) is -0.766. The van der Waals surface area contributed by atoms with Crippen LogP contribution in [0, 0.1) is 5.92 Å². The summed E-state index contributed by atoms with van der Waals surface area (Å²) in [6.45, 7) is 4.30. The summed E-state index contributed by atoms with van der Waals surface area (Å²) >= 11 is 0. The summed E-state index contributed by atoms with van der Waals surface area (Å²) < 4.78 is 0. The number of nitrogens with two attached hydrogens (primary N) is 1. The summed E-state index contributed by atoms with van der Waals surface area (Å²) in [4.78, 5) is 23.4. The summed E-state index contributed by atoms with van der Waals surface area (Å²) in [7, 11) is 0. The molecule has 6 nitrogen and oxygen atoms in total. The molecule has 104 valence electrons. The van der Waals surface area contributed by atoms with Crippen LogP contribution in [0.5, 0.6) is 0 Å². The lowest BCUT2D eigenvalue weighted by Crippen LogP contribution is -2.54. The van der Waals surface area contributed by atoms with E-state index in [2.05, 4.69) is 10.6 Å². The summed E-state index contributed by atoms with van der Waals surface area (Å²) in [6, 6.07) is -1.19. The van der Waals surface area contributed by atoms with E-state index in [1.54, 1.807) is 0 Å². The fourth-order valence-electron chi connectivity index (χ4n) is 1.87. The van der Waals surface area contributed by atoms with Crippen molar-refractivity contribution in [3.05, 3.63) is 0 Å². The van der Waals surface area contributed by atoms with Gasteiger partial charge in [-0.25, -0.2) is 0 Å². The zero-order valence-corrected chi connectivity index (χ0v) is 11.0. The fourth-order valence-corrected chi connectivity index (χ4v) is 1.87. The lowest BCUT2D eigenvalue weighted by molar-refractivity contribution is -0.135. The fraction of sp³-hybridized carbons (Fsp3) is 0.833. The Bertz CT molecular complexity index is 307. The molecule has 0 spiro atoms. The molecule has 0 aromatic carbocycles. The molecule has 3 atom stereocenters. The largest absolute Gasteiger partial charge is 0.382 e. The highest BCUT2D eigenvalue weighted by atomic mass is 16.3. The summed E-state index contributed by atoms with van der Waals surface area (Å²) in [5.41, 5.74) is 5.72. The number of aliphatic hydroxyl groups excluding tert-OH is 1. The minimum atomic E-state index is -1.28. The van der Waals surface area contributed by atoms with Crippen LogP contribution in [0.3, 0.4) is 0 Å². The number of hydrogen-bond acceptors (Lipinski definition) is 4. The van der Waals surface area contributed by atoms with Crippen LogP contribution in [0.25, 0.3) is 0 Å². The van der Waals surface area contributed by atoms with Crippen molar-refractivity contribution in [2.24, 2.45) is 11.7 Å². The summed E-state index contributed by atoms with van der Waals surface area (Å²) in [6.07, 6.45) is 1.10. The first-order valence-electron chi connectivity index (χ1n) is 6.45. The van der Waals surface area contributed by atoms with Crippen LogP contribution in [0.2, 0.25) is 0 Å². The van der Waals surface area contributed by atoms with Crippen molar-refractivity contribution in [2.45, 2.75) is 51.3 Å². The van der Waals surface area contributed by atoms with Gasteiger partial charge >= 0.3 is 0 Å². The third kappa shape index (κ3) is 3.96. The van der Waals surface area contributed by atoms with Gasteiger partial charge in [0.15, 0.2) is 0 Å². The smallest absolute Gasteiger partial charge is 0.251 e. The molecule has 1 rings (SSSR count). The maximum atomic E-state index is 11.8. The van der Waals surface area contributed by atoms with Crippen LogP contribution in [-0.4, -0.2) is 41.7 Å². The number of hydrogen-bond donors (Lipinski definition) is 4. The molecule has 2 amide bonds. The van der Waals surface area contributed by atoms with Gasteiger partial charge in [-0.1, -0.05) is 13.8 Å². The van der Waals surface area contributed by atoms with Gasteiger partial charge in [-0.15, -0.1) is 0 Å². The predicted octanol–water partition coefficient (Wildman–Crippen LogP) is -0.884. The number of nitrogens with one attached hydrogen (secondary N) is 2. The average Bonchev–Trinajstić information content (AvgIpc) is 2.53. The lowest BCUT2D eigenvalue weighted by atomic mass is 9.98. The molecule has 0 unspecified atom stereocenters. The molecule has 1 aliphatic rings. The highest BCUT2D eigenvalue weighted by molar-refractivity contribution is 5.89. The second kappa shape index (κ2) is 6.70. The number of amides is 2. The molecule has 5 N–H and O–H groups in total. The molecule has 0 aromatic rings. The van der Waals surface area contributed by atoms with E-state index in [0.717, 1.165) is 12.8 Å². The molecule has 18 heavy (non-hydrogen) atoms. The monoisotopic (exact) mass is 257 g/mol. The predicted molar refractivity (Wildman–Crippen MR) is 67.6 cm³/mol. The van der Waals surface area contributed by atoms with E-state index >= 15 is 0 Å². The quantitative estimate of drug-likeness (QED) is 0.524. The SMILES string of the molecule is CC(C)[C@H](N)[C@@H](O)C(=O)N[C@H]1CCCCNC1=O. The Morgan fingerprint density at radius 2 is 2.17 bits per heavy atom. The first kappa shape index (κ1) is 14.9. The van der Waals surface area contributed by atoms with E-state index in [4.69, 9.17) is 5.73 Å².